The molecule has 0 aliphatic heterocycles. The van der Waals surface area contributed by atoms with Crippen molar-refractivity contribution >= 4 is 32.3 Å². The van der Waals surface area contributed by atoms with Crippen LogP contribution in [0.25, 0.3) is 65.7 Å². The molecule has 5 heteroatoms. The normalized spacial score (nSPS) is 11.3. The first kappa shape index (κ1) is 23.4. The van der Waals surface area contributed by atoms with Crippen LogP contribution in [0.1, 0.15) is 11.1 Å². The van der Waals surface area contributed by atoms with E-state index in [-0.39, 0.29) is 0 Å². The minimum atomic E-state index is 0.642. The van der Waals surface area contributed by atoms with Gasteiger partial charge in [-0.3, -0.25) is 0 Å². The molecule has 0 aliphatic rings. The van der Waals surface area contributed by atoms with E-state index in [0.717, 1.165) is 43.6 Å². The van der Waals surface area contributed by atoms with E-state index in [0.29, 0.717) is 17.5 Å². The molecule has 7 aromatic rings. The van der Waals surface area contributed by atoms with Crippen LogP contribution in [-0.2, 0) is 0 Å². The van der Waals surface area contributed by atoms with Crippen molar-refractivity contribution in [2.45, 2.75) is 13.8 Å². The van der Waals surface area contributed by atoms with E-state index < -0.39 is 0 Å². The van der Waals surface area contributed by atoms with Crippen LogP contribution in [0.5, 0.6) is 0 Å². The number of rotatable bonds is 4. The number of hydrogen-bond acceptors (Lipinski definition) is 5. The van der Waals surface area contributed by atoms with E-state index >= 15 is 0 Å². The molecule has 0 fully saturated rings. The van der Waals surface area contributed by atoms with Crippen LogP contribution in [0.2, 0.25) is 0 Å². The summed E-state index contributed by atoms with van der Waals surface area (Å²) in [6.07, 6.45) is 0. The highest BCUT2D eigenvalue weighted by atomic mass is 32.1. The van der Waals surface area contributed by atoms with Gasteiger partial charge in [0, 0.05) is 27.6 Å². The van der Waals surface area contributed by atoms with E-state index in [2.05, 4.69) is 117 Å². The van der Waals surface area contributed by atoms with Crippen molar-refractivity contribution in [3.05, 3.63) is 120 Å². The number of aromatic nitrogens is 4. The summed E-state index contributed by atoms with van der Waals surface area (Å²) >= 11 is 1.72. The van der Waals surface area contributed by atoms with Crippen molar-refractivity contribution in [2.75, 3.05) is 0 Å². The third-order valence-electron chi connectivity index (χ3n) is 6.91. The van der Waals surface area contributed by atoms with Gasteiger partial charge in [-0.15, -0.1) is 11.3 Å². The molecule has 0 atom stereocenters. The van der Waals surface area contributed by atoms with Crippen LogP contribution in [0.4, 0.5) is 0 Å². The number of nitrogens with zero attached hydrogens (tertiary/aromatic N) is 4. The summed E-state index contributed by atoms with van der Waals surface area (Å²) in [5.74, 6) is 1.95. The monoisotopic (exact) mass is 520 g/mol. The largest absolute Gasteiger partial charge is 0.236 e. The smallest absolute Gasteiger partial charge is 0.164 e. The number of fused-ring (bicyclic) bond motifs is 3. The Kier molecular flexibility index (Phi) is 5.71. The fourth-order valence-electron chi connectivity index (χ4n) is 4.80. The Morgan fingerprint density at radius 1 is 0.487 bits per heavy atom. The summed E-state index contributed by atoms with van der Waals surface area (Å²) in [5.41, 5.74) is 7.33. The SMILES string of the molecule is Cc1ccc(-c2nc(-c3ccc(C)cc3)nc(-c3cc4nc(-c5ccccc5)sc4c4ccccc34)n2)cc1. The Bertz CT molecular complexity index is 1890. The predicted molar refractivity (Wildman–Crippen MR) is 162 cm³/mol. The fourth-order valence-corrected chi connectivity index (χ4v) is 5.89. The zero-order valence-corrected chi connectivity index (χ0v) is 22.4. The van der Waals surface area contributed by atoms with Gasteiger partial charge in [-0.05, 0) is 25.3 Å². The molecule has 0 saturated carbocycles. The number of benzene rings is 5. The van der Waals surface area contributed by atoms with Gasteiger partial charge in [-0.1, -0.05) is 114 Å². The first-order chi connectivity index (χ1) is 19.1. The van der Waals surface area contributed by atoms with Crippen molar-refractivity contribution < 1.29 is 0 Å². The highest BCUT2D eigenvalue weighted by Crippen LogP contribution is 2.39. The summed E-state index contributed by atoms with van der Waals surface area (Å²) in [6, 6.07) is 37.6. The third-order valence-corrected chi connectivity index (χ3v) is 8.07. The lowest BCUT2D eigenvalue weighted by molar-refractivity contribution is 1.08. The fraction of sp³-hybridized carbons (Fsp3) is 0.0588. The second kappa shape index (κ2) is 9.53. The minimum Gasteiger partial charge on any atom is -0.236 e. The van der Waals surface area contributed by atoms with Gasteiger partial charge < -0.3 is 0 Å². The molecule has 4 nitrogen and oxygen atoms in total. The maximum Gasteiger partial charge on any atom is 0.164 e. The van der Waals surface area contributed by atoms with Gasteiger partial charge in [-0.25, -0.2) is 19.9 Å². The summed E-state index contributed by atoms with van der Waals surface area (Å²) in [6.45, 7) is 4.17. The summed E-state index contributed by atoms with van der Waals surface area (Å²) in [5, 5.41) is 3.26. The van der Waals surface area contributed by atoms with Gasteiger partial charge in [0.15, 0.2) is 17.5 Å². The van der Waals surface area contributed by atoms with Crippen LogP contribution in [-0.4, -0.2) is 19.9 Å². The zero-order valence-electron chi connectivity index (χ0n) is 21.6. The number of aryl methyl sites for hydroxylation is 2. The lowest BCUT2D eigenvalue weighted by atomic mass is 10.0. The Balaban J connectivity index is 1.48. The quantitative estimate of drug-likeness (QED) is 0.232. The predicted octanol–water partition coefficient (Wildman–Crippen LogP) is 8.92. The van der Waals surface area contributed by atoms with E-state index in [1.165, 1.54) is 15.8 Å². The van der Waals surface area contributed by atoms with Crippen molar-refractivity contribution in [3.63, 3.8) is 0 Å². The molecule has 39 heavy (non-hydrogen) atoms. The van der Waals surface area contributed by atoms with Crippen molar-refractivity contribution in [1.82, 2.24) is 19.9 Å². The Hall–Kier alpha value is -4.74. The first-order valence-electron chi connectivity index (χ1n) is 12.9. The molecule has 2 heterocycles. The molecule has 0 saturated heterocycles. The zero-order chi connectivity index (χ0) is 26.3. The molecule has 0 aliphatic carbocycles. The second-order valence-electron chi connectivity index (χ2n) is 9.74. The molecular formula is C34H24N4S. The average Bonchev–Trinajstić information content (AvgIpc) is 3.42. The van der Waals surface area contributed by atoms with Crippen molar-refractivity contribution in [2.24, 2.45) is 0 Å². The van der Waals surface area contributed by atoms with Crippen LogP contribution >= 0.6 is 11.3 Å². The standard InChI is InChI=1S/C34H24N4S/c1-21-12-16-23(17-13-21)31-36-32(24-18-14-22(2)15-19-24)38-33(37-31)28-20-29-30(27-11-7-6-10-26(27)28)39-34(35-29)25-8-4-3-5-9-25/h3-20H,1-2H3. The lowest BCUT2D eigenvalue weighted by Gasteiger charge is -2.11. The summed E-state index contributed by atoms with van der Waals surface area (Å²) in [7, 11) is 0. The summed E-state index contributed by atoms with van der Waals surface area (Å²) < 4.78 is 1.17. The molecule has 5 aromatic carbocycles. The van der Waals surface area contributed by atoms with E-state index in [4.69, 9.17) is 19.9 Å². The minimum absolute atomic E-state index is 0.642. The second-order valence-corrected chi connectivity index (χ2v) is 10.7. The molecule has 2 aromatic heterocycles. The maximum absolute atomic E-state index is 5.05. The average molecular weight is 521 g/mol. The molecule has 0 amide bonds. The topological polar surface area (TPSA) is 51.6 Å². The van der Waals surface area contributed by atoms with Gasteiger partial charge in [0.25, 0.3) is 0 Å². The van der Waals surface area contributed by atoms with Gasteiger partial charge in [0.2, 0.25) is 0 Å². The maximum atomic E-state index is 5.05. The molecular weight excluding hydrogens is 496 g/mol. The van der Waals surface area contributed by atoms with E-state index in [1.807, 2.05) is 6.07 Å². The number of hydrogen-bond donors (Lipinski definition) is 0. The molecule has 0 unspecified atom stereocenters. The highest BCUT2D eigenvalue weighted by molar-refractivity contribution is 7.22. The van der Waals surface area contributed by atoms with E-state index in [1.54, 1.807) is 11.3 Å². The molecule has 0 spiro atoms. The van der Waals surface area contributed by atoms with Gasteiger partial charge in [-0.2, -0.15) is 0 Å². The van der Waals surface area contributed by atoms with E-state index in [9.17, 15) is 0 Å². The van der Waals surface area contributed by atoms with Crippen LogP contribution in [0.15, 0.2) is 109 Å². The Morgan fingerprint density at radius 3 is 1.64 bits per heavy atom. The Morgan fingerprint density at radius 2 is 1.03 bits per heavy atom. The summed E-state index contributed by atoms with van der Waals surface area (Å²) in [4.78, 5) is 20.0. The van der Waals surface area contributed by atoms with Gasteiger partial charge in [0.05, 0.1) is 10.2 Å². The van der Waals surface area contributed by atoms with Crippen molar-refractivity contribution in [1.29, 1.82) is 0 Å². The molecule has 7 rings (SSSR count). The van der Waals surface area contributed by atoms with Crippen LogP contribution in [0, 0.1) is 13.8 Å². The van der Waals surface area contributed by atoms with Crippen LogP contribution < -0.4 is 0 Å². The third kappa shape index (κ3) is 4.37. The van der Waals surface area contributed by atoms with Crippen LogP contribution in [0.3, 0.4) is 0 Å². The number of thiazole rings is 1. The molecule has 0 N–H and O–H groups in total. The van der Waals surface area contributed by atoms with Gasteiger partial charge >= 0.3 is 0 Å². The lowest BCUT2D eigenvalue weighted by Crippen LogP contribution is -2.00. The molecule has 0 radical (unpaired) electrons. The van der Waals surface area contributed by atoms with Crippen molar-refractivity contribution in [3.8, 4) is 44.7 Å². The molecule has 0 bridgehead atoms. The highest BCUT2D eigenvalue weighted by Gasteiger charge is 2.18. The molecule has 186 valence electrons. The first-order valence-corrected chi connectivity index (χ1v) is 13.7. The van der Waals surface area contributed by atoms with Gasteiger partial charge in [0.1, 0.15) is 5.01 Å². The Labute approximate surface area is 230 Å².